The summed E-state index contributed by atoms with van der Waals surface area (Å²) >= 11 is 4.45. The lowest BCUT2D eigenvalue weighted by molar-refractivity contribution is 0.110. The van der Waals surface area contributed by atoms with Crippen LogP contribution < -0.4 is 0 Å². The van der Waals surface area contributed by atoms with Gasteiger partial charge in [0.05, 0.1) is 6.61 Å². The zero-order valence-corrected chi connectivity index (χ0v) is 11.5. The normalized spacial score (nSPS) is 25.3. The minimum Gasteiger partial charge on any atom is -0.395 e. The summed E-state index contributed by atoms with van der Waals surface area (Å²) in [5.74, 6) is 1.67. The zero-order valence-electron chi connectivity index (χ0n) is 10.6. The average Bonchev–Trinajstić information content (AvgIpc) is 2.53. The highest BCUT2D eigenvalue weighted by atomic mass is 32.1. The first kappa shape index (κ1) is 14.3. The van der Waals surface area contributed by atoms with Crippen molar-refractivity contribution in [2.45, 2.75) is 51.5 Å². The van der Waals surface area contributed by atoms with Crippen LogP contribution in [0.3, 0.4) is 0 Å². The van der Waals surface area contributed by atoms with Crippen LogP contribution in [-0.4, -0.2) is 41.5 Å². The number of hydrogen-bond acceptors (Lipinski definition) is 3. The van der Waals surface area contributed by atoms with E-state index in [0.717, 1.165) is 12.3 Å². The maximum absolute atomic E-state index is 9.44. The molecule has 1 fully saturated rings. The Hall–Kier alpha value is 0.270. The van der Waals surface area contributed by atoms with Crippen LogP contribution in [0.25, 0.3) is 0 Å². The molecule has 3 heteroatoms. The fraction of sp³-hybridized carbons (Fsp3) is 1.00. The predicted octanol–water partition coefficient (Wildman–Crippen LogP) is 2.57. The van der Waals surface area contributed by atoms with Gasteiger partial charge in [0.25, 0.3) is 0 Å². The van der Waals surface area contributed by atoms with E-state index in [9.17, 15) is 5.11 Å². The highest BCUT2D eigenvalue weighted by Gasteiger charge is 2.22. The number of likely N-dealkylation sites (tertiary alicyclic amines) is 1. The monoisotopic (exact) mass is 245 g/mol. The largest absolute Gasteiger partial charge is 0.395 e. The molecule has 1 rings (SSSR count). The van der Waals surface area contributed by atoms with Crippen LogP contribution in [0.1, 0.15) is 45.4 Å². The van der Waals surface area contributed by atoms with Gasteiger partial charge in [-0.15, -0.1) is 0 Å². The number of rotatable bonds is 6. The van der Waals surface area contributed by atoms with Crippen molar-refractivity contribution >= 4 is 12.6 Å². The van der Waals surface area contributed by atoms with E-state index < -0.39 is 0 Å². The summed E-state index contributed by atoms with van der Waals surface area (Å²) in [7, 11) is 0. The van der Waals surface area contributed by atoms with Gasteiger partial charge in [0.1, 0.15) is 0 Å². The maximum Gasteiger partial charge on any atom is 0.0586 e. The number of aliphatic hydroxyl groups excluding tert-OH is 1. The molecule has 1 saturated heterocycles. The predicted molar refractivity (Wildman–Crippen MR) is 73.2 cm³/mol. The molecule has 0 spiro atoms. The zero-order chi connectivity index (χ0) is 11.8. The molecule has 1 aliphatic rings. The summed E-state index contributed by atoms with van der Waals surface area (Å²) in [4.78, 5) is 2.50. The lowest BCUT2D eigenvalue weighted by atomic mass is 10.0. The van der Waals surface area contributed by atoms with Gasteiger partial charge in [-0.05, 0) is 37.5 Å². The third kappa shape index (κ3) is 4.64. The van der Waals surface area contributed by atoms with E-state index in [1.165, 1.54) is 45.1 Å². The van der Waals surface area contributed by atoms with E-state index in [4.69, 9.17) is 0 Å². The summed E-state index contributed by atoms with van der Waals surface area (Å²) in [6.45, 7) is 4.86. The summed E-state index contributed by atoms with van der Waals surface area (Å²) in [5, 5.41) is 9.44. The summed E-state index contributed by atoms with van der Waals surface area (Å²) in [6.07, 6.45) is 7.57. The molecule has 0 amide bonds. The lowest BCUT2D eigenvalue weighted by Crippen LogP contribution is -2.41. The van der Waals surface area contributed by atoms with Gasteiger partial charge >= 0.3 is 0 Å². The molecule has 2 atom stereocenters. The van der Waals surface area contributed by atoms with Gasteiger partial charge in [-0.3, -0.25) is 4.90 Å². The lowest BCUT2D eigenvalue weighted by Gasteiger charge is -2.31. The van der Waals surface area contributed by atoms with Crippen LogP contribution >= 0.6 is 12.6 Å². The molecule has 0 bridgehead atoms. The molecule has 1 aliphatic heterocycles. The third-order valence-electron chi connectivity index (χ3n) is 3.66. The number of thiol groups is 1. The molecular formula is C13H27NOS. The SMILES string of the molecule is CCCC(CS)CN1CCCCCC1CO. The molecule has 1 N–H and O–H groups in total. The molecule has 0 aromatic rings. The van der Waals surface area contributed by atoms with Gasteiger partial charge in [-0.25, -0.2) is 0 Å². The van der Waals surface area contributed by atoms with Gasteiger partial charge in [0.2, 0.25) is 0 Å². The van der Waals surface area contributed by atoms with E-state index in [1.54, 1.807) is 0 Å². The Balaban J connectivity index is 2.46. The van der Waals surface area contributed by atoms with Crippen LogP contribution in [0.15, 0.2) is 0 Å². The molecule has 0 saturated carbocycles. The molecule has 0 aromatic heterocycles. The second-order valence-corrected chi connectivity index (χ2v) is 5.38. The average molecular weight is 245 g/mol. The number of nitrogens with zero attached hydrogens (tertiary/aromatic N) is 1. The van der Waals surface area contributed by atoms with E-state index in [-0.39, 0.29) is 0 Å². The Morgan fingerprint density at radius 3 is 2.81 bits per heavy atom. The Morgan fingerprint density at radius 2 is 2.19 bits per heavy atom. The molecule has 2 unspecified atom stereocenters. The standard InChI is InChI=1S/C13H27NOS/c1-2-6-12(11-16)9-14-8-5-3-4-7-13(14)10-15/h12-13,15-16H,2-11H2,1H3. The second kappa shape index (κ2) is 8.37. The maximum atomic E-state index is 9.44. The van der Waals surface area contributed by atoms with Gasteiger partial charge < -0.3 is 5.11 Å². The Labute approximate surface area is 106 Å². The fourth-order valence-corrected chi connectivity index (χ4v) is 2.96. The van der Waals surface area contributed by atoms with Crippen molar-refractivity contribution < 1.29 is 5.11 Å². The Kier molecular flexibility index (Phi) is 7.50. The number of hydrogen-bond donors (Lipinski definition) is 2. The minimum absolute atomic E-state index is 0.325. The van der Waals surface area contributed by atoms with Crippen LogP contribution in [0.5, 0.6) is 0 Å². The van der Waals surface area contributed by atoms with E-state index in [1.807, 2.05) is 0 Å². The fourth-order valence-electron chi connectivity index (χ4n) is 2.66. The van der Waals surface area contributed by atoms with Gasteiger partial charge in [0, 0.05) is 12.6 Å². The molecule has 0 aliphatic carbocycles. The third-order valence-corrected chi connectivity index (χ3v) is 4.17. The smallest absolute Gasteiger partial charge is 0.0586 e. The van der Waals surface area contributed by atoms with Gasteiger partial charge in [-0.2, -0.15) is 12.6 Å². The van der Waals surface area contributed by atoms with Crippen LogP contribution in [-0.2, 0) is 0 Å². The molecular weight excluding hydrogens is 218 g/mol. The van der Waals surface area contributed by atoms with E-state index >= 15 is 0 Å². The Morgan fingerprint density at radius 1 is 1.38 bits per heavy atom. The molecule has 0 aromatic carbocycles. The minimum atomic E-state index is 0.325. The first-order valence-corrected chi connectivity index (χ1v) is 7.40. The van der Waals surface area contributed by atoms with Crippen molar-refractivity contribution in [2.75, 3.05) is 25.4 Å². The van der Waals surface area contributed by atoms with Crippen molar-refractivity contribution in [1.82, 2.24) is 4.90 Å². The van der Waals surface area contributed by atoms with Crippen molar-refractivity contribution in [3.05, 3.63) is 0 Å². The first-order valence-electron chi connectivity index (χ1n) is 6.77. The highest BCUT2D eigenvalue weighted by molar-refractivity contribution is 7.80. The van der Waals surface area contributed by atoms with Gasteiger partial charge in [0.15, 0.2) is 0 Å². The highest BCUT2D eigenvalue weighted by Crippen LogP contribution is 2.19. The topological polar surface area (TPSA) is 23.5 Å². The number of aliphatic hydroxyl groups is 1. The molecule has 96 valence electrons. The molecule has 2 nitrogen and oxygen atoms in total. The summed E-state index contributed by atoms with van der Waals surface area (Å²) in [5.41, 5.74) is 0. The van der Waals surface area contributed by atoms with Crippen molar-refractivity contribution in [3.8, 4) is 0 Å². The summed E-state index contributed by atoms with van der Waals surface area (Å²) < 4.78 is 0. The quantitative estimate of drug-likeness (QED) is 0.703. The van der Waals surface area contributed by atoms with E-state index in [0.29, 0.717) is 18.6 Å². The first-order chi connectivity index (χ1) is 7.81. The van der Waals surface area contributed by atoms with Gasteiger partial charge in [-0.1, -0.05) is 26.2 Å². The van der Waals surface area contributed by atoms with Crippen LogP contribution in [0.2, 0.25) is 0 Å². The van der Waals surface area contributed by atoms with E-state index in [2.05, 4.69) is 24.5 Å². The van der Waals surface area contributed by atoms with Crippen molar-refractivity contribution in [3.63, 3.8) is 0 Å². The summed E-state index contributed by atoms with van der Waals surface area (Å²) in [6, 6.07) is 0.404. The molecule has 16 heavy (non-hydrogen) atoms. The van der Waals surface area contributed by atoms with Crippen molar-refractivity contribution in [2.24, 2.45) is 5.92 Å². The Bertz CT molecular complexity index is 177. The van der Waals surface area contributed by atoms with Crippen LogP contribution in [0, 0.1) is 5.92 Å². The molecule has 0 radical (unpaired) electrons. The second-order valence-electron chi connectivity index (χ2n) is 5.02. The van der Waals surface area contributed by atoms with Crippen LogP contribution in [0.4, 0.5) is 0 Å². The molecule has 1 heterocycles. The van der Waals surface area contributed by atoms with Crippen molar-refractivity contribution in [1.29, 1.82) is 0 Å².